The molecule has 1 aliphatic heterocycles. The Bertz CT molecular complexity index is 943. The second-order valence-corrected chi connectivity index (χ2v) is 9.01. The predicted molar refractivity (Wildman–Crippen MR) is 119 cm³/mol. The Morgan fingerprint density at radius 3 is 2.26 bits per heavy atom. The first-order chi connectivity index (χ1) is 14.7. The Morgan fingerprint density at radius 1 is 1.10 bits per heavy atom. The van der Waals surface area contributed by atoms with Gasteiger partial charge in [-0.1, -0.05) is 57.2 Å². The molecular formula is C25H30N2O4. The van der Waals surface area contributed by atoms with Crippen molar-refractivity contribution in [2.75, 3.05) is 13.7 Å². The number of nitrogens with one attached hydrogen (secondary N) is 2. The van der Waals surface area contributed by atoms with E-state index in [2.05, 4.69) is 31.4 Å². The van der Waals surface area contributed by atoms with Gasteiger partial charge in [-0.05, 0) is 34.2 Å². The lowest BCUT2D eigenvalue weighted by molar-refractivity contribution is -0.130. The molecule has 2 N–H and O–H groups in total. The van der Waals surface area contributed by atoms with E-state index in [9.17, 15) is 14.4 Å². The number of Topliss-reactive ketones (excluding diaryl/α,β-unsaturated/α-hetero) is 1. The van der Waals surface area contributed by atoms with Crippen molar-refractivity contribution in [3.05, 3.63) is 65.2 Å². The van der Waals surface area contributed by atoms with Gasteiger partial charge in [0.05, 0.1) is 13.0 Å². The van der Waals surface area contributed by atoms with E-state index in [1.54, 1.807) is 31.4 Å². The summed E-state index contributed by atoms with van der Waals surface area (Å²) in [5.41, 5.74) is 2.81. The van der Waals surface area contributed by atoms with Crippen LogP contribution in [0.15, 0.2) is 48.5 Å². The molecule has 0 bridgehead atoms. The van der Waals surface area contributed by atoms with E-state index in [0.717, 1.165) is 5.56 Å². The normalized spacial score (nSPS) is 17.0. The van der Waals surface area contributed by atoms with E-state index < -0.39 is 12.0 Å². The number of hydrogen-bond donors (Lipinski definition) is 2. The average Bonchev–Trinajstić information content (AvgIpc) is 3.18. The maximum absolute atomic E-state index is 13.2. The van der Waals surface area contributed by atoms with Crippen molar-refractivity contribution in [2.45, 2.75) is 45.1 Å². The zero-order valence-corrected chi connectivity index (χ0v) is 18.5. The van der Waals surface area contributed by atoms with Crippen molar-refractivity contribution in [2.24, 2.45) is 5.92 Å². The fourth-order valence-electron chi connectivity index (χ4n) is 3.62. The summed E-state index contributed by atoms with van der Waals surface area (Å²) in [6.07, 6.45) is 0.340. The van der Waals surface area contributed by atoms with Crippen LogP contribution < -0.4 is 15.4 Å². The van der Waals surface area contributed by atoms with E-state index >= 15 is 0 Å². The van der Waals surface area contributed by atoms with E-state index in [1.165, 1.54) is 5.56 Å². The van der Waals surface area contributed by atoms with Gasteiger partial charge in [0.25, 0.3) is 0 Å². The average molecular weight is 423 g/mol. The van der Waals surface area contributed by atoms with Gasteiger partial charge in [0.2, 0.25) is 11.8 Å². The highest BCUT2D eigenvalue weighted by atomic mass is 16.5. The molecular weight excluding hydrogens is 392 g/mol. The van der Waals surface area contributed by atoms with Crippen molar-refractivity contribution in [1.29, 1.82) is 0 Å². The first kappa shape index (κ1) is 22.5. The molecule has 31 heavy (non-hydrogen) atoms. The maximum atomic E-state index is 13.2. The second-order valence-electron chi connectivity index (χ2n) is 9.01. The fraction of sp³-hybridized carbons (Fsp3) is 0.400. The second kappa shape index (κ2) is 9.33. The first-order valence-electron chi connectivity index (χ1n) is 10.5. The number of rotatable bonds is 7. The van der Waals surface area contributed by atoms with Gasteiger partial charge < -0.3 is 15.4 Å². The van der Waals surface area contributed by atoms with Gasteiger partial charge in [-0.2, -0.15) is 0 Å². The summed E-state index contributed by atoms with van der Waals surface area (Å²) in [6.45, 7) is 6.73. The van der Waals surface area contributed by atoms with Gasteiger partial charge in [-0.15, -0.1) is 0 Å². The molecule has 1 heterocycles. The standard InChI is InChI=1S/C25H30N2O4/c1-25(2,3)19-9-5-16(6-10-19)13-21(28)23(17-7-11-20(31-4)12-8-17)27-24(30)18-14-22(29)26-15-18/h5-12,18,23H,13-15H2,1-4H3,(H,26,29)(H,27,30)/t18-,23-/m1/s1. The number of carbonyl (C=O) groups is 3. The number of amides is 2. The molecule has 6 heteroatoms. The van der Waals surface area contributed by atoms with Crippen molar-refractivity contribution in [3.63, 3.8) is 0 Å². The summed E-state index contributed by atoms with van der Waals surface area (Å²) in [6, 6.07) is 14.3. The van der Waals surface area contributed by atoms with Gasteiger partial charge in [0.1, 0.15) is 11.8 Å². The summed E-state index contributed by atoms with van der Waals surface area (Å²) in [7, 11) is 1.57. The number of methoxy groups -OCH3 is 1. The molecule has 2 aromatic rings. The molecule has 0 unspecified atom stereocenters. The molecule has 164 valence electrons. The highest BCUT2D eigenvalue weighted by Crippen LogP contribution is 2.24. The van der Waals surface area contributed by atoms with E-state index in [4.69, 9.17) is 4.74 Å². The third kappa shape index (κ3) is 5.72. The highest BCUT2D eigenvalue weighted by molar-refractivity contribution is 5.94. The van der Waals surface area contributed by atoms with Gasteiger partial charge in [0.15, 0.2) is 5.78 Å². The maximum Gasteiger partial charge on any atom is 0.226 e. The van der Waals surface area contributed by atoms with E-state index in [0.29, 0.717) is 17.9 Å². The van der Waals surface area contributed by atoms with Crippen LogP contribution in [0.4, 0.5) is 0 Å². The van der Waals surface area contributed by atoms with Crippen LogP contribution in [0.1, 0.15) is 49.9 Å². The number of hydrogen-bond acceptors (Lipinski definition) is 4. The van der Waals surface area contributed by atoms with Crippen LogP contribution in [-0.4, -0.2) is 31.3 Å². The van der Waals surface area contributed by atoms with Crippen LogP contribution in [-0.2, 0) is 26.2 Å². The lowest BCUT2D eigenvalue weighted by atomic mass is 9.86. The van der Waals surface area contributed by atoms with E-state index in [-0.39, 0.29) is 35.9 Å². The summed E-state index contributed by atoms with van der Waals surface area (Å²) in [5.74, 6) is -0.349. The molecule has 2 atom stereocenters. The number of benzene rings is 2. The molecule has 0 saturated carbocycles. The van der Waals surface area contributed by atoms with Crippen LogP contribution >= 0.6 is 0 Å². The smallest absolute Gasteiger partial charge is 0.226 e. The van der Waals surface area contributed by atoms with Crippen molar-refractivity contribution >= 4 is 17.6 Å². The topological polar surface area (TPSA) is 84.5 Å². The van der Waals surface area contributed by atoms with Crippen molar-refractivity contribution < 1.29 is 19.1 Å². The molecule has 2 amide bonds. The number of carbonyl (C=O) groups excluding carboxylic acids is 3. The van der Waals surface area contributed by atoms with Gasteiger partial charge >= 0.3 is 0 Å². The minimum absolute atomic E-state index is 0.0366. The van der Waals surface area contributed by atoms with Crippen LogP contribution in [0.25, 0.3) is 0 Å². The van der Waals surface area contributed by atoms with Crippen LogP contribution in [0.2, 0.25) is 0 Å². The summed E-state index contributed by atoms with van der Waals surface area (Å²) >= 11 is 0. The zero-order valence-electron chi connectivity index (χ0n) is 18.5. The largest absolute Gasteiger partial charge is 0.497 e. The number of ketones is 1. The summed E-state index contributed by atoms with van der Waals surface area (Å²) in [4.78, 5) is 37.5. The Balaban J connectivity index is 1.79. The minimum atomic E-state index is -0.795. The minimum Gasteiger partial charge on any atom is -0.497 e. The monoisotopic (exact) mass is 422 g/mol. The molecule has 1 fully saturated rings. The van der Waals surface area contributed by atoms with Crippen molar-refractivity contribution in [3.8, 4) is 5.75 Å². The first-order valence-corrected chi connectivity index (χ1v) is 10.5. The number of ether oxygens (including phenoxy) is 1. The van der Waals surface area contributed by atoms with Gasteiger partial charge in [-0.25, -0.2) is 0 Å². The van der Waals surface area contributed by atoms with E-state index in [1.807, 2.05) is 24.3 Å². The predicted octanol–water partition coefficient (Wildman–Crippen LogP) is 3.10. The SMILES string of the molecule is COc1ccc([C@@H](NC(=O)[C@H]2CNC(=O)C2)C(=O)Cc2ccc(C(C)(C)C)cc2)cc1. The Labute approximate surface area is 183 Å². The van der Waals surface area contributed by atoms with Gasteiger partial charge in [-0.3, -0.25) is 14.4 Å². The summed E-state index contributed by atoms with van der Waals surface area (Å²) < 4.78 is 5.20. The Morgan fingerprint density at radius 2 is 1.74 bits per heavy atom. The summed E-state index contributed by atoms with van der Waals surface area (Å²) in [5, 5.41) is 5.53. The highest BCUT2D eigenvalue weighted by Gasteiger charge is 2.31. The van der Waals surface area contributed by atoms with Crippen LogP contribution in [0.3, 0.4) is 0 Å². The van der Waals surface area contributed by atoms with Crippen molar-refractivity contribution in [1.82, 2.24) is 10.6 Å². The molecule has 0 aromatic heterocycles. The molecule has 0 aliphatic carbocycles. The molecule has 2 aromatic carbocycles. The quantitative estimate of drug-likeness (QED) is 0.718. The molecule has 6 nitrogen and oxygen atoms in total. The lowest BCUT2D eigenvalue weighted by Crippen LogP contribution is -2.39. The third-order valence-electron chi connectivity index (χ3n) is 5.60. The van der Waals surface area contributed by atoms with Crippen LogP contribution in [0.5, 0.6) is 5.75 Å². The molecule has 0 radical (unpaired) electrons. The van der Waals surface area contributed by atoms with Crippen LogP contribution in [0, 0.1) is 5.92 Å². The molecule has 3 rings (SSSR count). The third-order valence-corrected chi connectivity index (χ3v) is 5.60. The fourth-order valence-corrected chi connectivity index (χ4v) is 3.62. The zero-order chi connectivity index (χ0) is 22.6. The lowest BCUT2D eigenvalue weighted by Gasteiger charge is -2.21. The Hall–Kier alpha value is -3.15. The Kier molecular flexibility index (Phi) is 6.78. The molecule has 0 spiro atoms. The van der Waals surface area contributed by atoms with Gasteiger partial charge in [0, 0.05) is 19.4 Å². The molecule has 1 saturated heterocycles. The molecule has 1 aliphatic rings.